The number of ether oxygens (including phenoxy) is 1. The van der Waals surface area contributed by atoms with Crippen molar-refractivity contribution in [2.45, 2.75) is 84.8 Å². The minimum atomic E-state index is 0.231. The van der Waals surface area contributed by atoms with Gasteiger partial charge in [-0.15, -0.1) is 0 Å². The second kappa shape index (κ2) is 10.6. The van der Waals surface area contributed by atoms with E-state index in [4.69, 9.17) is 4.74 Å². The summed E-state index contributed by atoms with van der Waals surface area (Å²) in [5, 5.41) is 3.57. The topological polar surface area (TPSA) is 24.5 Å². The van der Waals surface area contributed by atoms with Gasteiger partial charge < -0.3 is 10.1 Å². The zero-order chi connectivity index (χ0) is 15.6. The van der Waals surface area contributed by atoms with Crippen molar-refractivity contribution < 1.29 is 4.74 Å². The molecule has 3 heteroatoms. The molecule has 0 bridgehead atoms. The fourth-order valence-corrected chi connectivity index (χ4v) is 2.74. The Morgan fingerprint density at radius 2 is 1.75 bits per heavy atom. The fourth-order valence-electron chi connectivity index (χ4n) is 2.74. The molecule has 0 spiro atoms. The average molecular weight is 287 g/mol. The van der Waals surface area contributed by atoms with Crippen LogP contribution in [-0.4, -0.2) is 49.3 Å². The summed E-state index contributed by atoms with van der Waals surface area (Å²) in [7, 11) is 1.79. The standard InChI is InChI=1S/C17H38N2O/c1-8-16(9-2)19(13-14-20-7)15(3)11-10-12-18-17(4,5)6/h15-16,18H,8-14H2,1-7H3. The van der Waals surface area contributed by atoms with Gasteiger partial charge in [-0.25, -0.2) is 0 Å². The molecule has 0 saturated carbocycles. The average Bonchev–Trinajstić information content (AvgIpc) is 2.38. The van der Waals surface area contributed by atoms with Crippen LogP contribution in [0.1, 0.15) is 67.2 Å². The van der Waals surface area contributed by atoms with Crippen LogP contribution in [0.5, 0.6) is 0 Å². The molecule has 0 saturated heterocycles. The summed E-state index contributed by atoms with van der Waals surface area (Å²) >= 11 is 0. The molecule has 0 aromatic rings. The number of rotatable bonds is 11. The quantitative estimate of drug-likeness (QED) is 0.586. The van der Waals surface area contributed by atoms with E-state index in [0.29, 0.717) is 12.1 Å². The highest BCUT2D eigenvalue weighted by molar-refractivity contribution is 4.76. The Hall–Kier alpha value is -0.120. The molecule has 0 aliphatic carbocycles. The molecular formula is C17H38N2O. The maximum absolute atomic E-state index is 5.28. The van der Waals surface area contributed by atoms with E-state index in [2.05, 4.69) is 51.8 Å². The van der Waals surface area contributed by atoms with Crippen LogP contribution in [0, 0.1) is 0 Å². The van der Waals surface area contributed by atoms with Gasteiger partial charge in [0.2, 0.25) is 0 Å². The molecular weight excluding hydrogens is 248 g/mol. The summed E-state index contributed by atoms with van der Waals surface area (Å²) in [5.41, 5.74) is 0.231. The third-order valence-corrected chi connectivity index (χ3v) is 3.99. The highest BCUT2D eigenvalue weighted by atomic mass is 16.5. The van der Waals surface area contributed by atoms with Crippen LogP contribution in [0.2, 0.25) is 0 Å². The van der Waals surface area contributed by atoms with E-state index < -0.39 is 0 Å². The zero-order valence-corrected chi connectivity index (χ0v) is 15.0. The van der Waals surface area contributed by atoms with E-state index >= 15 is 0 Å². The lowest BCUT2D eigenvalue weighted by Crippen LogP contribution is -2.44. The lowest BCUT2D eigenvalue weighted by Gasteiger charge is -2.36. The maximum atomic E-state index is 5.28. The van der Waals surface area contributed by atoms with E-state index in [0.717, 1.165) is 19.7 Å². The molecule has 0 heterocycles. The Balaban J connectivity index is 4.22. The molecule has 1 atom stereocenters. The predicted molar refractivity (Wildman–Crippen MR) is 89.4 cm³/mol. The van der Waals surface area contributed by atoms with Crippen LogP contribution in [0.25, 0.3) is 0 Å². The van der Waals surface area contributed by atoms with Gasteiger partial charge in [0.05, 0.1) is 6.61 Å². The van der Waals surface area contributed by atoms with E-state index in [-0.39, 0.29) is 5.54 Å². The van der Waals surface area contributed by atoms with Gasteiger partial charge in [0.1, 0.15) is 0 Å². The van der Waals surface area contributed by atoms with Gasteiger partial charge >= 0.3 is 0 Å². The summed E-state index contributed by atoms with van der Waals surface area (Å²) in [6, 6.07) is 1.33. The molecule has 122 valence electrons. The smallest absolute Gasteiger partial charge is 0.0589 e. The molecule has 0 aromatic heterocycles. The van der Waals surface area contributed by atoms with Gasteiger partial charge in [-0.05, 0) is 59.9 Å². The Labute approximate surface area is 127 Å². The van der Waals surface area contributed by atoms with Gasteiger partial charge in [-0.1, -0.05) is 13.8 Å². The first-order chi connectivity index (χ1) is 9.35. The van der Waals surface area contributed by atoms with Crippen LogP contribution >= 0.6 is 0 Å². The minimum absolute atomic E-state index is 0.231. The third-order valence-electron chi connectivity index (χ3n) is 3.99. The summed E-state index contributed by atoms with van der Waals surface area (Å²) in [5.74, 6) is 0. The lowest BCUT2D eigenvalue weighted by atomic mass is 10.0. The van der Waals surface area contributed by atoms with Gasteiger partial charge in [-0.2, -0.15) is 0 Å². The Bertz CT molecular complexity index is 222. The number of nitrogens with one attached hydrogen (secondary N) is 1. The summed E-state index contributed by atoms with van der Waals surface area (Å²) < 4.78 is 5.28. The molecule has 1 N–H and O–H groups in total. The van der Waals surface area contributed by atoms with Gasteiger partial charge in [0, 0.05) is 31.3 Å². The van der Waals surface area contributed by atoms with Crippen LogP contribution in [0.4, 0.5) is 0 Å². The van der Waals surface area contributed by atoms with Crippen LogP contribution in [0.3, 0.4) is 0 Å². The first-order valence-electron chi connectivity index (χ1n) is 8.35. The van der Waals surface area contributed by atoms with Crippen molar-refractivity contribution in [2.75, 3.05) is 26.8 Å². The highest BCUT2D eigenvalue weighted by Gasteiger charge is 2.20. The molecule has 3 nitrogen and oxygen atoms in total. The molecule has 20 heavy (non-hydrogen) atoms. The second-order valence-corrected chi connectivity index (χ2v) is 6.87. The number of hydrogen-bond acceptors (Lipinski definition) is 3. The molecule has 0 aliphatic heterocycles. The second-order valence-electron chi connectivity index (χ2n) is 6.87. The molecule has 0 aliphatic rings. The van der Waals surface area contributed by atoms with Crippen LogP contribution in [0.15, 0.2) is 0 Å². The van der Waals surface area contributed by atoms with Crippen molar-refractivity contribution in [3.63, 3.8) is 0 Å². The van der Waals surface area contributed by atoms with Crippen molar-refractivity contribution in [3.05, 3.63) is 0 Å². The van der Waals surface area contributed by atoms with Gasteiger partial charge in [0.15, 0.2) is 0 Å². The summed E-state index contributed by atoms with van der Waals surface area (Å²) in [4.78, 5) is 2.64. The predicted octanol–water partition coefficient (Wildman–Crippen LogP) is 3.68. The van der Waals surface area contributed by atoms with Crippen molar-refractivity contribution in [1.29, 1.82) is 0 Å². The SMILES string of the molecule is CCC(CC)N(CCOC)C(C)CCCNC(C)(C)C. The summed E-state index contributed by atoms with van der Waals surface area (Å²) in [6.45, 7) is 16.6. The van der Waals surface area contributed by atoms with Crippen LogP contribution in [-0.2, 0) is 4.74 Å². The van der Waals surface area contributed by atoms with Gasteiger partial charge in [-0.3, -0.25) is 4.90 Å². The Kier molecular flexibility index (Phi) is 10.5. The lowest BCUT2D eigenvalue weighted by molar-refractivity contribution is 0.0813. The van der Waals surface area contributed by atoms with Crippen molar-refractivity contribution in [2.24, 2.45) is 0 Å². The minimum Gasteiger partial charge on any atom is -0.383 e. The van der Waals surface area contributed by atoms with Gasteiger partial charge in [0.25, 0.3) is 0 Å². The highest BCUT2D eigenvalue weighted by Crippen LogP contribution is 2.16. The van der Waals surface area contributed by atoms with E-state index in [1.165, 1.54) is 25.7 Å². The first-order valence-corrected chi connectivity index (χ1v) is 8.35. The normalized spacial score (nSPS) is 14.2. The van der Waals surface area contributed by atoms with Crippen molar-refractivity contribution in [1.82, 2.24) is 10.2 Å². The molecule has 0 rings (SSSR count). The Morgan fingerprint density at radius 3 is 2.20 bits per heavy atom. The van der Waals surface area contributed by atoms with Crippen LogP contribution < -0.4 is 5.32 Å². The van der Waals surface area contributed by atoms with E-state index in [1.54, 1.807) is 7.11 Å². The maximum Gasteiger partial charge on any atom is 0.0589 e. The van der Waals surface area contributed by atoms with Crippen molar-refractivity contribution >= 4 is 0 Å². The summed E-state index contributed by atoms with van der Waals surface area (Å²) in [6.07, 6.45) is 4.95. The number of methoxy groups -OCH3 is 1. The number of hydrogen-bond donors (Lipinski definition) is 1. The largest absolute Gasteiger partial charge is 0.383 e. The fraction of sp³-hybridized carbons (Fsp3) is 1.00. The molecule has 1 unspecified atom stereocenters. The van der Waals surface area contributed by atoms with E-state index in [1.807, 2.05) is 0 Å². The molecule has 0 amide bonds. The van der Waals surface area contributed by atoms with E-state index in [9.17, 15) is 0 Å². The number of nitrogens with zero attached hydrogens (tertiary/aromatic N) is 1. The third kappa shape index (κ3) is 8.93. The Morgan fingerprint density at radius 1 is 1.15 bits per heavy atom. The molecule has 0 aromatic carbocycles. The molecule has 0 radical (unpaired) electrons. The zero-order valence-electron chi connectivity index (χ0n) is 15.0. The first kappa shape index (κ1) is 19.9. The van der Waals surface area contributed by atoms with Crippen molar-refractivity contribution in [3.8, 4) is 0 Å². The molecule has 0 fully saturated rings. The monoisotopic (exact) mass is 286 g/mol.